The number of aromatic nitrogens is 4. The molecule has 0 bridgehead atoms. The predicted octanol–water partition coefficient (Wildman–Crippen LogP) is 5.65. The highest BCUT2D eigenvalue weighted by Gasteiger charge is 2.17. The number of ether oxygens (including phenoxy) is 1. The number of hydrogen-bond donors (Lipinski definition) is 2. The molecule has 0 unspecified atom stereocenters. The molecule has 0 amide bonds. The van der Waals surface area contributed by atoms with Gasteiger partial charge in [-0.25, -0.2) is 9.97 Å². The zero-order valence-corrected chi connectivity index (χ0v) is 19.8. The lowest BCUT2D eigenvalue weighted by atomic mass is 9.98. The number of hydrogen-bond acceptors (Lipinski definition) is 6. The van der Waals surface area contributed by atoms with E-state index in [-0.39, 0.29) is 0 Å². The lowest BCUT2D eigenvalue weighted by molar-refractivity contribution is 0.160. The lowest BCUT2D eigenvalue weighted by Crippen LogP contribution is -2.32. The van der Waals surface area contributed by atoms with Crippen LogP contribution in [-0.2, 0) is 0 Å². The second-order valence-corrected chi connectivity index (χ2v) is 9.06. The maximum Gasteiger partial charge on any atom is 0.227 e. The van der Waals surface area contributed by atoms with Crippen molar-refractivity contribution >= 4 is 23.2 Å². The number of anilines is 2. The van der Waals surface area contributed by atoms with Crippen LogP contribution in [0, 0.1) is 5.92 Å². The highest BCUT2D eigenvalue weighted by molar-refractivity contribution is 6.30. The predicted molar refractivity (Wildman–Crippen MR) is 136 cm³/mol. The summed E-state index contributed by atoms with van der Waals surface area (Å²) in [6.45, 7) is 3.07. The third kappa shape index (κ3) is 5.38. The summed E-state index contributed by atoms with van der Waals surface area (Å²) in [5, 5.41) is 11.3. The van der Waals surface area contributed by atoms with Gasteiger partial charge in [-0.1, -0.05) is 23.7 Å². The van der Waals surface area contributed by atoms with Gasteiger partial charge in [0.05, 0.1) is 12.3 Å². The second kappa shape index (κ2) is 10.2. The fourth-order valence-corrected chi connectivity index (χ4v) is 4.21. The van der Waals surface area contributed by atoms with Crippen LogP contribution in [0.5, 0.6) is 5.75 Å². The molecule has 7 nitrogen and oxygen atoms in total. The van der Waals surface area contributed by atoms with E-state index >= 15 is 0 Å². The fraction of sp³-hybridized carbons (Fsp3) is 0.269. The standard InChI is InChI=1S/C26H27ClN6O/c1-33-14-11-18(12-15-33)17-34-22-8-6-21(7-9-22)30-26-28-13-10-24(31-26)23-16-29-32-25(23)19-2-4-20(27)5-3-19/h2-10,13,16,18H,11-12,14-15,17H2,1H3,(H,29,32)(H,28,30,31). The van der Waals surface area contributed by atoms with E-state index in [2.05, 4.69) is 32.4 Å². The minimum absolute atomic E-state index is 0.515. The summed E-state index contributed by atoms with van der Waals surface area (Å²) in [4.78, 5) is 11.4. The summed E-state index contributed by atoms with van der Waals surface area (Å²) in [5.74, 6) is 2.02. The van der Waals surface area contributed by atoms with Crippen molar-refractivity contribution < 1.29 is 4.74 Å². The lowest BCUT2D eigenvalue weighted by Gasteiger charge is -2.28. The van der Waals surface area contributed by atoms with Crippen LogP contribution in [0.4, 0.5) is 11.6 Å². The summed E-state index contributed by atoms with van der Waals surface area (Å²) >= 11 is 6.03. The maximum absolute atomic E-state index is 6.03. The molecule has 2 N–H and O–H groups in total. The molecule has 8 heteroatoms. The molecular weight excluding hydrogens is 448 g/mol. The van der Waals surface area contributed by atoms with E-state index in [9.17, 15) is 0 Å². The molecule has 34 heavy (non-hydrogen) atoms. The number of likely N-dealkylation sites (tertiary alicyclic amines) is 1. The number of aromatic amines is 1. The molecule has 0 saturated carbocycles. The first-order chi connectivity index (χ1) is 16.6. The smallest absolute Gasteiger partial charge is 0.227 e. The van der Waals surface area contributed by atoms with Crippen molar-refractivity contribution in [2.75, 3.05) is 32.1 Å². The molecule has 4 aromatic rings. The largest absolute Gasteiger partial charge is 0.493 e. The zero-order valence-electron chi connectivity index (χ0n) is 19.0. The molecule has 1 aliphatic rings. The Morgan fingerprint density at radius 1 is 1.06 bits per heavy atom. The summed E-state index contributed by atoms with van der Waals surface area (Å²) in [6, 6.07) is 17.4. The van der Waals surface area contributed by atoms with Crippen LogP contribution in [0.3, 0.4) is 0 Å². The quantitative estimate of drug-likeness (QED) is 0.360. The summed E-state index contributed by atoms with van der Waals surface area (Å²) < 4.78 is 6.02. The van der Waals surface area contributed by atoms with Crippen molar-refractivity contribution in [2.45, 2.75) is 12.8 Å². The van der Waals surface area contributed by atoms with Gasteiger partial charge < -0.3 is 15.0 Å². The van der Waals surface area contributed by atoms with E-state index in [0.717, 1.165) is 53.6 Å². The van der Waals surface area contributed by atoms with Crippen LogP contribution in [0.25, 0.3) is 22.5 Å². The molecule has 2 aromatic carbocycles. The van der Waals surface area contributed by atoms with Gasteiger partial charge in [0.1, 0.15) is 11.4 Å². The van der Waals surface area contributed by atoms with E-state index in [4.69, 9.17) is 21.3 Å². The van der Waals surface area contributed by atoms with Gasteiger partial charge in [-0.3, -0.25) is 5.10 Å². The Labute approximate surface area is 204 Å². The first-order valence-corrected chi connectivity index (χ1v) is 11.8. The second-order valence-electron chi connectivity index (χ2n) is 8.63. The molecule has 1 saturated heterocycles. The number of H-pyrrole nitrogens is 1. The molecule has 2 aromatic heterocycles. The first kappa shape index (κ1) is 22.4. The van der Waals surface area contributed by atoms with Crippen molar-refractivity contribution in [3.8, 4) is 28.3 Å². The van der Waals surface area contributed by atoms with E-state index in [0.29, 0.717) is 16.9 Å². The third-order valence-electron chi connectivity index (χ3n) is 6.12. The number of nitrogens with one attached hydrogen (secondary N) is 2. The van der Waals surface area contributed by atoms with Crippen LogP contribution >= 0.6 is 11.6 Å². The van der Waals surface area contributed by atoms with E-state index in [1.807, 2.05) is 60.8 Å². The molecule has 0 aliphatic carbocycles. The van der Waals surface area contributed by atoms with Crippen LogP contribution in [-0.4, -0.2) is 51.8 Å². The van der Waals surface area contributed by atoms with Crippen LogP contribution in [0.15, 0.2) is 67.0 Å². The summed E-state index contributed by atoms with van der Waals surface area (Å²) in [7, 11) is 2.18. The molecule has 0 radical (unpaired) electrons. The van der Waals surface area contributed by atoms with Gasteiger partial charge in [0.2, 0.25) is 5.95 Å². The van der Waals surface area contributed by atoms with Gasteiger partial charge in [-0.2, -0.15) is 5.10 Å². The monoisotopic (exact) mass is 474 g/mol. The molecule has 1 aliphatic heterocycles. The van der Waals surface area contributed by atoms with E-state index in [1.165, 1.54) is 12.8 Å². The number of rotatable bonds is 7. The number of halogens is 1. The Balaban J connectivity index is 1.24. The first-order valence-electron chi connectivity index (χ1n) is 11.5. The molecule has 0 atom stereocenters. The summed E-state index contributed by atoms with van der Waals surface area (Å²) in [5.41, 5.74) is 4.34. The minimum atomic E-state index is 0.515. The SMILES string of the molecule is CN1CCC(COc2ccc(Nc3nccc(-c4c[nH]nc4-c4ccc(Cl)cc4)n3)cc2)CC1. The van der Waals surface area contributed by atoms with Gasteiger partial charge in [-0.05, 0) is 81.4 Å². The molecule has 3 heterocycles. The third-order valence-corrected chi connectivity index (χ3v) is 6.38. The zero-order chi connectivity index (χ0) is 23.3. The molecule has 1 fully saturated rings. The Morgan fingerprint density at radius 2 is 1.82 bits per heavy atom. The molecule has 5 rings (SSSR count). The van der Waals surface area contributed by atoms with Crippen LogP contribution in [0.2, 0.25) is 5.02 Å². The van der Waals surface area contributed by atoms with Gasteiger partial charge in [0.15, 0.2) is 0 Å². The van der Waals surface area contributed by atoms with Gasteiger partial charge >= 0.3 is 0 Å². The number of piperidine rings is 1. The van der Waals surface area contributed by atoms with Crippen LogP contribution in [0.1, 0.15) is 12.8 Å². The fourth-order valence-electron chi connectivity index (χ4n) is 4.09. The molecule has 0 spiro atoms. The topological polar surface area (TPSA) is 79.0 Å². The normalized spacial score (nSPS) is 14.8. The van der Waals surface area contributed by atoms with Crippen molar-refractivity contribution in [3.05, 3.63) is 72.0 Å². The van der Waals surface area contributed by atoms with Crippen molar-refractivity contribution in [2.24, 2.45) is 5.92 Å². The number of nitrogens with zero attached hydrogens (tertiary/aromatic N) is 4. The van der Waals surface area contributed by atoms with Gasteiger partial charge in [0.25, 0.3) is 0 Å². The maximum atomic E-state index is 6.03. The molecular formula is C26H27ClN6O. The molecule has 174 valence electrons. The van der Waals surface area contributed by atoms with Crippen molar-refractivity contribution in [3.63, 3.8) is 0 Å². The number of benzene rings is 2. The Morgan fingerprint density at radius 3 is 2.59 bits per heavy atom. The van der Waals surface area contributed by atoms with E-state index < -0.39 is 0 Å². The van der Waals surface area contributed by atoms with Gasteiger partial charge in [0, 0.05) is 34.2 Å². The van der Waals surface area contributed by atoms with E-state index in [1.54, 1.807) is 6.20 Å². The van der Waals surface area contributed by atoms with Crippen LogP contribution < -0.4 is 10.1 Å². The Kier molecular flexibility index (Phi) is 6.74. The Hall–Kier alpha value is -3.42. The average molecular weight is 475 g/mol. The average Bonchev–Trinajstić information content (AvgIpc) is 3.35. The highest BCUT2D eigenvalue weighted by atomic mass is 35.5. The minimum Gasteiger partial charge on any atom is -0.493 e. The highest BCUT2D eigenvalue weighted by Crippen LogP contribution is 2.30. The Bertz CT molecular complexity index is 1220. The van der Waals surface area contributed by atoms with Gasteiger partial charge in [-0.15, -0.1) is 0 Å². The summed E-state index contributed by atoms with van der Waals surface area (Å²) in [6.07, 6.45) is 5.97. The van der Waals surface area contributed by atoms with Crippen molar-refractivity contribution in [1.82, 2.24) is 25.1 Å². The van der Waals surface area contributed by atoms with Crippen molar-refractivity contribution in [1.29, 1.82) is 0 Å².